The molecule has 0 bridgehead atoms. The van der Waals surface area contributed by atoms with Crippen LogP contribution < -0.4 is 0 Å². The van der Waals surface area contributed by atoms with Crippen LogP contribution in [0, 0.1) is 20.2 Å². The van der Waals surface area contributed by atoms with Gasteiger partial charge in [0.2, 0.25) is 5.89 Å². The molecule has 0 amide bonds. The molecule has 106 valence electrons. The zero-order chi connectivity index (χ0) is 14.8. The van der Waals surface area contributed by atoms with Gasteiger partial charge in [-0.1, -0.05) is 4.39 Å². The summed E-state index contributed by atoms with van der Waals surface area (Å²) in [5, 5.41) is 25.8. The highest BCUT2D eigenvalue weighted by atomic mass is 19.4. The van der Waals surface area contributed by atoms with Gasteiger partial charge in [-0.15, -0.1) is 10.2 Å². The summed E-state index contributed by atoms with van der Waals surface area (Å²) in [5.41, 5.74) is 0. The van der Waals surface area contributed by atoms with Crippen LogP contribution in [0.3, 0.4) is 0 Å². The van der Waals surface area contributed by atoms with E-state index < -0.39 is 46.6 Å². The zero-order valence-electron chi connectivity index (χ0n) is 8.76. The van der Waals surface area contributed by atoms with E-state index in [4.69, 9.17) is 0 Å². The zero-order valence-corrected chi connectivity index (χ0v) is 8.76. The molecule has 1 rings (SSSR count). The van der Waals surface area contributed by atoms with Gasteiger partial charge in [0.1, 0.15) is 16.3 Å². The Morgan fingerprint density at radius 1 is 1.11 bits per heavy atom. The molecule has 0 N–H and O–H groups in total. The van der Waals surface area contributed by atoms with E-state index >= 15 is 0 Å². The van der Waals surface area contributed by atoms with Crippen LogP contribution in [0.2, 0.25) is 0 Å². The van der Waals surface area contributed by atoms with Crippen LogP contribution >= 0.6 is 0 Å². The van der Waals surface area contributed by atoms with E-state index in [9.17, 15) is 37.8 Å². The summed E-state index contributed by atoms with van der Waals surface area (Å²) in [6, 6.07) is 0. The topological polar surface area (TPSA) is 125 Å². The van der Waals surface area contributed by atoms with Crippen molar-refractivity contribution in [1.29, 1.82) is 0 Å². The van der Waals surface area contributed by atoms with Gasteiger partial charge >= 0.3 is 18.0 Å². The average molecular weight is 288 g/mol. The monoisotopic (exact) mass is 288 g/mol. The molecular weight excluding hydrogens is 284 g/mol. The minimum Gasteiger partial charge on any atom is -0.417 e. The van der Waals surface area contributed by atoms with E-state index in [0.717, 1.165) is 0 Å². The molecule has 1 aromatic rings. The van der Waals surface area contributed by atoms with Gasteiger partial charge < -0.3 is 4.42 Å². The molecule has 19 heavy (non-hydrogen) atoms. The maximum Gasteiger partial charge on any atom is 0.614 e. The lowest BCUT2D eigenvalue weighted by atomic mass is 10.2. The molecule has 0 aliphatic heterocycles. The summed E-state index contributed by atoms with van der Waals surface area (Å²) in [6.07, 6.45) is -7.15. The number of nitrogens with zero attached hydrogens (tertiary/aromatic N) is 4. The number of alkyl halides is 4. The molecule has 0 spiro atoms. The quantitative estimate of drug-likeness (QED) is 0.262. The maximum absolute atomic E-state index is 13.3. The highest BCUT2D eigenvalue weighted by Crippen LogP contribution is 2.28. The summed E-state index contributed by atoms with van der Waals surface area (Å²) in [5.74, 6) is -6.54. The van der Waals surface area contributed by atoms with Crippen LogP contribution in [0.5, 0.6) is 0 Å². The Labute approximate surface area is 100 Å². The minimum absolute atomic E-state index is 0.793. The lowest BCUT2D eigenvalue weighted by molar-refractivity contribution is -0.832. The molecule has 0 radical (unpaired) electrons. The number of halogens is 4. The Hall–Kier alpha value is -2.34. The first kappa shape index (κ1) is 14.7. The van der Waals surface area contributed by atoms with Crippen molar-refractivity contribution in [1.82, 2.24) is 10.2 Å². The second-order valence-corrected chi connectivity index (χ2v) is 3.23. The van der Waals surface area contributed by atoms with Gasteiger partial charge in [-0.25, -0.2) is 0 Å². The number of hydrogen-bond acceptors (Lipinski definition) is 7. The van der Waals surface area contributed by atoms with Gasteiger partial charge in [0, 0.05) is 6.42 Å². The predicted molar refractivity (Wildman–Crippen MR) is 45.4 cm³/mol. The standard InChI is InChI=1S/C6H4F4N4O5/c7-5(13(15)16,14(17)18)2-1-3-11-12-4(19-3)6(8,9)10/h1-2H2. The van der Waals surface area contributed by atoms with Gasteiger partial charge in [0.05, 0.1) is 0 Å². The van der Waals surface area contributed by atoms with E-state index in [1.54, 1.807) is 0 Å². The number of aromatic nitrogens is 2. The number of nitro groups is 2. The summed E-state index contributed by atoms with van der Waals surface area (Å²) in [6.45, 7) is 0. The van der Waals surface area contributed by atoms with E-state index in [-0.39, 0.29) is 0 Å². The Kier molecular flexibility index (Phi) is 3.67. The van der Waals surface area contributed by atoms with Crippen molar-refractivity contribution in [2.24, 2.45) is 0 Å². The molecule has 1 heterocycles. The Balaban J connectivity index is 2.79. The van der Waals surface area contributed by atoms with E-state index in [2.05, 4.69) is 14.6 Å². The average Bonchev–Trinajstić information content (AvgIpc) is 2.73. The molecule has 13 heteroatoms. The summed E-state index contributed by atoms with van der Waals surface area (Å²) >= 11 is 0. The van der Waals surface area contributed by atoms with E-state index in [1.807, 2.05) is 0 Å². The fourth-order valence-electron chi connectivity index (χ4n) is 0.984. The highest BCUT2D eigenvalue weighted by molar-refractivity contribution is 4.86. The van der Waals surface area contributed by atoms with Crippen LogP contribution in [0.25, 0.3) is 0 Å². The molecule has 0 atom stereocenters. The first-order valence-electron chi connectivity index (χ1n) is 4.45. The smallest absolute Gasteiger partial charge is 0.417 e. The van der Waals surface area contributed by atoms with Gasteiger partial charge in [-0.2, -0.15) is 13.2 Å². The molecule has 9 nitrogen and oxygen atoms in total. The van der Waals surface area contributed by atoms with Gasteiger partial charge in [0.15, 0.2) is 0 Å². The van der Waals surface area contributed by atoms with Gasteiger partial charge in [-0.3, -0.25) is 20.2 Å². The second-order valence-electron chi connectivity index (χ2n) is 3.23. The summed E-state index contributed by atoms with van der Waals surface area (Å²) in [4.78, 5) is 16.8. The SMILES string of the molecule is O=[N+]([O-])C(F)(CCc1nnc(C(F)(F)F)o1)[N+](=O)[O-]. The lowest BCUT2D eigenvalue weighted by Gasteiger charge is -2.06. The maximum atomic E-state index is 13.3. The van der Waals surface area contributed by atoms with Crippen LogP contribution in [-0.2, 0) is 12.6 Å². The van der Waals surface area contributed by atoms with Crippen LogP contribution in [0.4, 0.5) is 17.6 Å². The number of aryl methyl sites for hydroxylation is 1. The van der Waals surface area contributed by atoms with Crippen LogP contribution in [0.15, 0.2) is 4.42 Å². The minimum atomic E-state index is -4.93. The molecule has 0 saturated heterocycles. The van der Waals surface area contributed by atoms with Crippen molar-refractivity contribution in [2.75, 3.05) is 0 Å². The Morgan fingerprint density at radius 2 is 1.63 bits per heavy atom. The van der Waals surface area contributed by atoms with Crippen molar-refractivity contribution in [3.8, 4) is 0 Å². The van der Waals surface area contributed by atoms with E-state index in [0.29, 0.717) is 0 Å². The van der Waals surface area contributed by atoms with Crippen molar-refractivity contribution >= 4 is 0 Å². The number of rotatable bonds is 5. The molecule has 0 aliphatic rings. The highest BCUT2D eigenvalue weighted by Gasteiger charge is 2.57. The molecule has 0 fully saturated rings. The van der Waals surface area contributed by atoms with Crippen molar-refractivity contribution < 1.29 is 31.8 Å². The summed E-state index contributed by atoms with van der Waals surface area (Å²) < 4.78 is 53.4. The van der Waals surface area contributed by atoms with Gasteiger partial charge in [0.25, 0.3) is 0 Å². The first-order chi connectivity index (χ1) is 8.57. The third kappa shape index (κ3) is 3.11. The predicted octanol–water partition coefficient (Wildman–Crippen LogP) is 1.20. The fourth-order valence-corrected chi connectivity index (χ4v) is 0.984. The Bertz CT molecular complexity index is 486. The lowest BCUT2D eigenvalue weighted by Crippen LogP contribution is -2.42. The third-order valence-electron chi connectivity index (χ3n) is 1.93. The second kappa shape index (κ2) is 4.74. The Morgan fingerprint density at radius 3 is 2.00 bits per heavy atom. The largest absolute Gasteiger partial charge is 0.614 e. The van der Waals surface area contributed by atoms with E-state index in [1.165, 1.54) is 0 Å². The molecule has 0 aromatic carbocycles. The molecule has 0 aliphatic carbocycles. The molecule has 1 aromatic heterocycles. The molecular formula is C6H4F4N4O5. The van der Waals surface area contributed by atoms with Crippen molar-refractivity contribution in [3.05, 3.63) is 32.0 Å². The summed E-state index contributed by atoms with van der Waals surface area (Å²) in [7, 11) is 0. The fraction of sp³-hybridized carbons (Fsp3) is 0.667. The number of hydrogen-bond donors (Lipinski definition) is 0. The van der Waals surface area contributed by atoms with Crippen LogP contribution in [0.1, 0.15) is 18.2 Å². The van der Waals surface area contributed by atoms with Gasteiger partial charge in [-0.05, 0) is 0 Å². The van der Waals surface area contributed by atoms with Crippen molar-refractivity contribution in [2.45, 2.75) is 24.9 Å². The van der Waals surface area contributed by atoms with Crippen LogP contribution in [-0.4, -0.2) is 26.0 Å². The van der Waals surface area contributed by atoms with Crippen molar-refractivity contribution in [3.63, 3.8) is 0 Å². The molecule has 0 saturated carbocycles. The normalized spacial score (nSPS) is 12.4. The third-order valence-corrected chi connectivity index (χ3v) is 1.93. The molecule has 0 unspecified atom stereocenters. The first-order valence-corrected chi connectivity index (χ1v) is 4.45.